The molecule has 0 aliphatic rings. The van der Waals surface area contributed by atoms with Crippen LogP contribution in [0.3, 0.4) is 0 Å². The molecule has 2 rings (SSSR count). The Morgan fingerprint density at radius 3 is 3.00 bits per heavy atom. The van der Waals surface area contributed by atoms with E-state index in [9.17, 15) is 4.79 Å². The topological polar surface area (TPSA) is 85.3 Å². The molecule has 2 aromatic rings. The van der Waals surface area contributed by atoms with Crippen LogP contribution in [-0.4, -0.2) is 27.0 Å². The minimum absolute atomic E-state index is 0. The van der Waals surface area contributed by atoms with E-state index >= 15 is 0 Å². The molecule has 0 fully saturated rings. The quantitative estimate of drug-likeness (QED) is 0.845. The summed E-state index contributed by atoms with van der Waals surface area (Å²) in [5.74, 6) is 0.254. The van der Waals surface area contributed by atoms with E-state index < -0.39 is 0 Å². The van der Waals surface area contributed by atoms with Crippen molar-refractivity contribution in [3.63, 3.8) is 0 Å². The van der Waals surface area contributed by atoms with Gasteiger partial charge in [0, 0.05) is 24.7 Å². The molecular formula is C10H14ClN5O. The summed E-state index contributed by atoms with van der Waals surface area (Å²) in [6.07, 6.45) is 3.25. The van der Waals surface area contributed by atoms with E-state index in [4.69, 9.17) is 5.73 Å². The van der Waals surface area contributed by atoms with E-state index in [0.717, 1.165) is 0 Å². The van der Waals surface area contributed by atoms with Crippen molar-refractivity contribution in [2.24, 2.45) is 11.7 Å². The summed E-state index contributed by atoms with van der Waals surface area (Å²) in [4.78, 5) is 15.8. The molecule has 1 atom stereocenters. The highest BCUT2D eigenvalue weighted by molar-refractivity contribution is 5.91. The molecule has 0 saturated heterocycles. The first-order valence-corrected chi connectivity index (χ1v) is 5.02. The van der Waals surface area contributed by atoms with Crippen molar-refractivity contribution in [1.29, 1.82) is 0 Å². The summed E-state index contributed by atoms with van der Waals surface area (Å²) in [6.45, 7) is 2.09. The SMILES string of the molecule is CC(CN)C(=O)Nc1ccnc2ccnn12.Cl. The highest BCUT2D eigenvalue weighted by Gasteiger charge is 2.12. The molecule has 1 unspecified atom stereocenters. The van der Waals surface area contributed by atoms with Gasteiger partial charge < -0.3 is 11.1 Å². The van der Waals surface area contributed by atoms with Crippen molar-refractivity contribution in [3.8, 4) is 0 Å². The lowest BCUT2D eigenvalue weighted by molar-refractivity contribution is -0.119. The van der Waals surface area contributed by atoms with Gasteiger partial charge in [-0.05, 0) is 6.07 Å². The Kier molecular flexibility index (Phi) is 4.42. The molecule has 0 aliphatic heterocycles. The number of amides is 1. The highest BCUT2D eigenvalue weighted by atomic mass is 35.5. The minimum Gasteiger partial charge on any atom is -0.330 e. The summed E-state index contributed by atoms with van der Waals surface area (Å²) in [6, 6.07) is 3.46. The van der Waals surface area contributed by atoms with Gasteiger partial charge in [0.25, 0.3) is 0 Å². The predicted molar refractivity (Wildman–Crippen MR) is 67.1 cm³/mol. The molecule has 0 aromatic carbocycles. The van der Waals surface area contributed by atoms with Gasteiger partial charge in [0.15, 0.2) is 5.65 Å². The second-order valence-corrected chi connectivity index (χ2v) is 3.56. The van der Waals surface area contributed by atoms with Crippen LogP contribution in [0.25, 0.3) is 5.65 Å². The summed E-state index contributed by atoms with van der Waals surface area (Å²) < 4.78 is 1.57. The van der Waals surface area contributed by atoms with Gasteiger partial charge in [0.05, 0.1) is 6.20 Å². The molecule has 7 heteroatoms. The third-order valence-electron chi connectivity index (χ3n) is 2.34. The van der Waals surface area contributed by atoms with Gasteiger partial charge in [-0.15, -0.1) is 12.4 Å². The van der Waals surface area contributed by atoms with Crippen molar-refractivity contribution >= 4 is 29.8 Å². The zero-order valence-electron chi connectivity index (χ0n) is 9.33. The monoisotopic (exact) mass is 255 g/mol. The van der Waals surface area contributed by atoms with Crippen LogP contribution in [0.5, 0.6) is 0 Å². The molecular weight excluding hydrogens is 242 g/mol. The van der Waals surface area contributed by atoms with Crippen molar-refractivity contribution in [3.05, 3.63) is 24.5 Å². The second-order valence-electron chi connectivity index (χ2n) is 3.56. The Hall–Kier alpha value is -1.66. The number of nitrogens with one attached hydrogen (secondary N) is 1. The van der Waals surface area contributed by atoms with Gasteiger partial charge in [0.2, 0.25) is 5.91 Å². The van der Waals surface area contributed by atoms with Crippen LogP contribution >= 0.6 is 12.4 Å². The van der Waals surface area contributed by atoms with Gasteiger partial charge in [0.1, 0.15) is 5.82 Å². The lowest BCUT2D eigenvalue weighted by atomic mass is 10.2. The Bertz CT molecular complexity index is 512. The lowest BCUT2D eigenvalue weighted by Gasteiger charge is -2.10. The van der Waals surface area contributed by atoms with Crippen LogP contribution < -0.4 is 11.1 Å². The third kappa shape index (κ3) is 2.72. The summed E-state index contributed by atoms with van der Waals surface area (Å²) in [7, 11) is 0. The number of aromatic nitrogens is 3. The van der Waals surface area contributed by atoms with Crippen LogP contribution in [-0.2, 0) is 4.79 Å². The first-order chi connectivity index (χ1) is 7.72. The Morgan fingerprint density at radius 1 is 1.53 bits per heavy atom. The lowest BCUT2D eigenvalue weighted by Crippen LogP contribution is -2.27. The fraction of sp³-hybridized carbons (Fsp3) is 0.300. The van der Waals surface area contributed by atoms with E-state index in [1.165, 1.54) is 0 Å². The number of carbonyl (C=O) groups excluding carboxylic acids is 1. The first-order valence-electron chi connectivity index (χ1n) is 5.02. The van der Waals surface area contributed by atoms with E-state index in [1.807, 2.05) is 0 Å². The molecule has 0 spiro atoms. The number of hydrogen-bond acceptors (Lipinski definition) is 4. The smallest absolute Gasteiger partial charge is 0.229 e. The van der Waals surface area contributed by atoms with Gasteiger partial charge in [-0.25, -0.2) is 4.98 Å². The zero-order valence-corrected chi connectivity index (χ0v) is 10.1. The van der Waals surface area contributed by atoms with E-state index in [0.29, 0.717) is 18.0 Å². The van der Waals surface area contributed by atoms with E-state index in [1.54, 1.807) is 36.0 Å². The Morgan fingerprint density at radius 2 is 2.29 bits per heavy atom. The molecule has 2 aromatic heterocycles. The Balaban J connectivity index is 0.00000144. The van der Waals surface area contributed by atoms with Crippen LogP contribution in [0.1, 0.15) is 6.92 Å². The maximum atomic E-state index is 11.7. The minimum atomic E-state index is -0.223. The predicted octanol–water partition coefficient (Wildman–Crippen LogP) is 0.684. The van der Waals surface area contributed by atoms with Crippen molar-refractivity contribution in [2.45, 2.75) is 6.92 Å². The molecule has 0 bridgehead atoms. The molecule has 6 nitrogen and oxygen atoms in total. The van der Waals surface area contributed by atoms with Crippen molar-refractivity contribution in [1.82, 2.24) is 14.6 Å². The van der Waals surface area contributed by atoms with Gasteiger partial charge in [-0.1, -0.05) is 6.92 Å². The highest BCUT2D eigenvalue weighted by Crippen LogP contribution is 2.09. The number of hydrogen-bond donors (Lipinski definition) is 2. The molecule has 0 aliphatic carbocycles. The Labute approximate surface area is 105 Å². The normalized spacial score (nSPS) is 11.9. The van der Waals surface area contributed by atoms with Crippen LogP contribution in [0, 0.1) is 5.92 Å². The third-order valence-corrected chi connectivity index (χ3v) is 2.34. The second kappa shape index (κ2) is 5.60. The maximum Gasteiger partial charge on any atom is 0.229 e. The first kappa shape index (κ1) is 13.4. The number of halogens is 1. The van der Waals surface area contributed by atoms with E-state index in [2.05, 4.69) is 15.4 Å². The average Bonchev–Trinajstić information content (AvgIpc) is 2.77. The number of carbonyl (C=O) groups is 1. The largest absolute Gasteiger partial charge is 0.330 e. The molecule has 1 amide bonds. The number of nitrogens with zero attached hydrogens (tertiary/aromatic N) is 3. The van der Waals surface area contributed by atoms with E-state index in [-0.39, 0.29) is 24.2 Å². The molecule has 17 heavy (non-hydrogen) atoms. The summed E-state index contributed by atoms with van der Waals surface area (Å²) >= 11 is 0. The molecule has 0 radical (unpaired) electrons. The van der Waals surface area contributed by atoms with Gasteiger partial charge in [-0.2, -0.15) is 9.61 Å². The van der Waals surface area contributed by atoms with Crippen LogP contribution in [0.15, 0.2) is 24.5 Å². The number of fused-ring (bicyclic) bond motifs is 1. The van der Waals surface area contributed by atoms with Crippen LogP contribution in [0.4, 0.5) is 5.82 Å². The van der Waals surface area contributed by atoms with Crippen LogP contribution in [0.2, 0.25) is 0 Å². The number of anilines is 1. The zero-order chi connectivity index (χ0) is 11.5. The standard InChI is InChI=1S/C10H13N5O.ClH/c1-7(6-11)10(16)14-9-2-4-12-8-3-5-13-15(8)9;/h2-5,7H,6,11H2,1H3,(H,14,16);1H. The maximum absolute atomic E-state index is 11.7. The summed E-state index contributed by atoms with van der Waals surface area (Å²) in [5, 5.41) is 6.83. The molecule has 2 heterocycles. The molecule has 92 valence electrons. The molecule has 3 N–H and O–H groups in total. The van der Waals surface area contributed by atoms with Gasteiger partial charge in [-0.3, -0.25) is 4.79 Å². The van der Waals surface area contributed by atoms with Gasteiger partial charge >= 0.3 is 0 Å². The van der Waals surface area contributed by atoms with Crippen molar-refractivity contribution < 1.29 is 4.79 Å². The summed E-state index contributed by atoms with van der Waals surface area (Å²) in [5.41, 5.74) is 6.12. The number of rotatable bonds is 3. The number of nitrogens with two attached hydrogens (primary N) is 1. The average molecular weight is 256 g/mol. The van der Waals surface area contributed by atoms with Crippen molar-refractivity contribution in [2.75, 3.05) is 11.9 Å². The fourth-order valence-corrected chi connectivity index (χ4v) is 1.29. The fourth-order valence-electron chi connectivity index (χ4n) is 1.29. The molecule has 0 saturated carbocycles.